The van der Waals surface area contributed by atoms with Crippen molar-refractivity contribution in [2.75, 3.05) is 19.0 Å². The van der Waals surface area contributed by atoms with Gasteiger partial charge in [-0.3, -0.25) is 4.79 Å². The molecular weight excluding hydrogens is 243 g/mol. The maximum atomic E-state index is 11.9. The molecular formula is C10H15ClF3NO. The molecule has 0 aromatic carbocycles. The number of amides is 1. The summed E-state index contributed by atoms with van der Waals surface area (Å²) in [5, 5.41) is 0. The number of nitrogens with zero attached hydrogens (tertiary/aromatic N) is 1. The van der Waals surface area contributed by atoms with Gasteiger partial charge in [0, 0.05) is 25.4 Å². The molecule has 1 rings (SSSR count). The second kappa shape index (κ2) is 5.75. The molecule has 0 N–H and O–H groups in total. The third-order valence-electron chi connectivity index (χ3n) is 2.78. The number of hydrogen-bond donors (Lipinski definition) is 0. The Kier molecular flexibility index (Phi) is 4.89. The van der Waals surface area contributed by atoms with Gasteiger partial charge in [-0.25, -0.2) is 0 Å². The molecule has 0 spiro atoms. The van der Waals surface area contributed by atoms with Gasteiger partial charge in [0.05, 0.1) is 6.42 Å². The van der Waals surface area contributed by atoms with Gasteiger partial charge in [0.25, 0.3) is 0 Å². The third kappa shape index (κ3) is 4.60. The van der Waals surface area contributed by atoms with Crippen LogP contribution in [-0.2, 0) is 4.79 Å². The van der Waals surface area contributed by atoms with Crippen molar-refractivity contribution in [2.24, 2.45) is 5.92 Å². The smallest absolute Gasteiger partial charge is 0.342 e. The standard InChI is InChI=1S/C10H15ClF3NO/c11-5-2-8-3-6-15(7-8)9(16)1-4-10(12,13)14/h8H,1-7H2. The molecule has 0 aromatic heterocycles. The van der Waals surface area contributed by atoms with Crippen molar-refractivity contribution in [3.63, 3.8) is 0 Å². The molecule has 1 saturated heterocycles. The SMILES string of the molecule is O=C(CCC(F)(F)F)N1CCC(CCCl)C1. The predicted molar refractivity (Wildman–Crippen MR) is 55.3 cm³/mol. The zero-order valence-corrected chi connectivity index (χ0v) is 9.65. The average molecular weight is 258 g/mol. The van der Waals surface area contributed by atoms with Crippen molar-refractivity contribution in [2.45, 2.75) is 31.9 Å². The second-order valence-electron chi connectivity index (χ2n) is 4.09. The van der Waals surface area contributed by atoms with E-state index in [1.54, 1.807) is 0 Å². The highest BCUT2D eigenvalue weighted by molar-refractivity contribution is 6.17. The molecule has 0 bridgehead atoms. The van der Waals surface area contributed by atoms with Gasteiger partial charge in [-0.1, -0.05) is 0 Å². The Hall–Kier alpha value is -0.450. The van der Waals surface area contributed by atoms with Gasteiger partial charge in [-0.15, -0.1) is 11.6 Å². The van der Waals surface area contributed by atoms with E-state index in [4.69, 9.17) is 11.6 Å². The Morgan fingerprint density at radius 3 is 2.69 bits per heavy atom. The van der Waals surface area contributed by atoms with E-state index in [9.17, 15) is 18.0 Å². The Bertz CT molecular complexity index is 245. The van der Waals surface area contributed by atoms with E-state index >= 15 is 0 Å². The minimum absolute atomic E-state index is 0.354. The first kappa shape index (κ1) is 13.6. The normalized spacial score (nSPS) is 21.5. The van der Waals surface area contributed by atoms with Crippen LogP contribution in [0, 0.1) is 5.92 Å². The molecule has 1 heterocycles. The van der Waals surface area contributed by atoms with Gasteiger partial charge in [-0.2, -0.15) is 13.2 Å². The van der Waals surface area contributed by atoms with Gasteiger partial charge in [0.1, 0.15) is 0 Å². The molecule has 0 radical (unpaired) electrons. The van der Waals surface area contributed by atoms with Crippen LogP contribution in [0.1, 0.15) is 25.7 Å². The van der Waals surface area contributed by atoms with Crippen LogP contribution < -0.4 is 0 Å². The molecule has 0 aromatic rings. The lowest BCUT2D eigenvalue weighted by Crippen LogP contribution is -2.29. The Balaban J connectivity index is 2.28. The van der Waals surface area contributed by atoms with Crippen molar-refractivity contribution in [3.8, 4) is 0 Å². The van der Waals surface area contributed by atoms with Crippen molar-refractivity contribution >= 4 is 17.5 Å². The molecule has 1 amide bonds. The third-order valence-corrected chi connectivity index (χ3v) is 3.00. The summed E-state index contributed by atoms with van der Waals surface area (Å²) >= 11 is 5.58. The summed E-state index contributed by atoms with van der Waals surface area (Å²) in [5.74, 6) is 0.497. The Morgan fingerprint density at radius 1 is 1.44 bits per heavy atom. The molecule has 0 aliphatic carbocycles. The van der Waals surface area contributed by atoms with Crippen molar-refractivity contribution in [1.29, 1.82) is 0 Å². The number of alkyl halides is 4. The first-order chi connectivity index (χ1) is 7.42. The lowest BCUT2D eigenvalue weighted by molar-refractivity contribution is -0.148. The van der Waals surface area contributed by atoms with Crippen LogP contribution in [0.4, 0.5) is 13.2 Å². The van der Waals surface area contributed by atoms with E-state index in [-0.39, 0.29) is 0 Å². The summed E-state index contributed by atoms with van der Waals surface area (Å²) in [4.78, 5) is 13.0. The average Bonchev–Trinajstić information content (AvgIpc) is 2.62. The molecule has 0 saturated carbocycles. The number of hydrogen-bond acceptors (Lipinski definition) is 1. The van der Waals surface area contributed by atoms with Crippen LogP contribution in [0.15, 0.2) is 0 Å². The van der Waals surface area contributed by atoms with Gasteiger partial charge in [0.15, 0.2) is 0 Å². The summed E-state index contributed by atoms with van der Waals surface area (Å²) in [6.45, 7) is 1.13. The van der Waals surface area contributed by atoms with E-state index < -0.39 is 24.9 Å². The van der Waals surface area contributed by atoms with Gasteiger partial charge in [0.2, 0.25) is 5.91 Å². The van der Waals surface area contributed by atoms with Crippen LogP contribution in [0.3, 0.4) is 0 Å². The van der Waals surface area contributed by atoms with Gasteiger partial charge < -0.3 is 4.90 Å². The second-order valence-corrected chi connectivity index (χ2v) is 4.47. The summed E-state index contributed by atoms with van der Waals surface area (Å²) in [5.41, 5.74) is 0. The minimum Gasteiger partial charge on any atom is -0.342 e. The first-order valence-electron chi connectivity index (χ1n) is 5.33. The zero-order valence-electron chi connectivity index (χ0n) is 8.89. The first-order valence-corrected chi connectivity index (χ1v) is 5.86. The molecule has 6 heteroatoms. The molecule has 1 aliphatic heterocycles. The summed E-state index contributed by atoms with van der Waals surface area (Å²) in [6, 6.07) is 0. The molecule has 1 unspecified atom stereocenters. The number of likely N-dealkylation sites (tertiary alicyclic amines) is 1. The highest BCUT2D eigenvalue weighted by Gasteiger charge is 2.31. The van der Waals surface area contributed by atoms with E-state index in [1.165, 1.54) is 4.90 Å². The topological polar surface area (TPSA) is 20.3 Å². The number of halogens is 4. The van der Waals surface area contributed by atoms with E-state index in [0.29, 0.717) is 24.9 Å². The van der Waals surface area contributed by atoms with Crippen molar-refractivity contribution < 1.29 is 18.0 Å². The van der Waals surface area contributed by atoms with Crippen LogP contribution in [0.5, 0.6) is 0 Å². The fourth-order valence-electron chi connectivity index (χ4n) is 1.86. The van der Waals surface area contributed by atoms with Crippen LogP contribution in [-0.4, -0.2) is 36.0 Å². The van der Waals surface area contributed by atoms with Crippen LogP contribution in [0.2, 0.25) is 0 Å². The Labute approximate surface area is 97.7 Å². The Morgan fingerprint density at radius 2 is 2.12 bits per heavy atom. The quantitative estimate of drug-likeness (QED) is 0.709. The largest absolute Gasteiger partial charge is 0.389 e. The molecule has 16 heavy (non-hydrogen) atoms. The zero-order chi connectivity index (χ0) is 12.2. The van der Waals surface area contributed by atoms with Crippen LogP contribution in [0.25, 0.3) is 0 Å². The fourth-order valence-corrected chi connectivity index (χ4v) is 2.16. The molecule has 94 valence electrons. The van der Waals surface area contributed by atoms with Crippen LogP contribution >= 0.6 is 11.6 Å². The number of rotatable bonds is 4. The maximum absolute atomic E-state index is 11.9. The number of carbonyl (C=O) groups is 1. The van der Waals surface area contributed by atoms with E-state index in [1.807, 2.05) is 0 Å². The predicted octanol–water partition coefficient (Wildman–Crippen LogP) is 2.81. The van der Waals surface area contributed by atoms with E-state index in [0.717, 1.165) is 12.8 Å². The van der Waals surface area contributed by atoms with Crippen molar-refractivity contribution in [1.82, 2.24) is 4.90 Å². The molecule has 1 fully saturated rings. The molecule has 1 atom stereocenters. The van der Waals surface area contributed by atoms with Gasteiger partial charge >= 0.3 is 6.18 Å². The maximum Gasteiger partial charge on any atom is 0.389 e. The molecule has 2 nitrogen and oxygen atoms in total. The fraction of sp³-hybridized carbons (Fsp3) is 0.900. The highest BCUT2D eigenvalue weighted by atomic mass is 35.5. The molecule has 1 aliphatic rings. The van der Waals surface area contributed by atoms with E-state index in [2.05, 4.69) is 0 Å². The lowest BCUT2D eigenvalue weighted by atomic mass is 10.1. The van der Waals surface area contributed by atoms with Crippen molar-refractivity contribution in [3.05, 3.63) is 0 Å². The monoisotopic (exact) mass is 257 g/mol. The van der Waals surface area contributed by atoms with Gasteiger partial charge in [-0.05, 0) is 18.8 Å². The summed E-state index contributed by atoms with van der Waals surface area (Å²) in [6.07, 6.45) is -4.03. The minimum atomic E-state index is -4.25. The summed E-state index contributed by atoms with van der Waals surface area (Å²) < 4.78 is 35.7. The number of carbonyl (C=O) groups excluding carboxylic acids is 1. The summed E-state index contributed by atoms with van der Waals surface area (Å²) in [7, 11) is 0. The lowest BCUT2D eigenvalue weighted by Gasteiger charge is -2.16. The highest BCUT2D eigenvalue weighted by Crippen LogP contribution is 2.24.